The molecule has 0 aromatic carbocycles. The highest BCUT2D eigenvalue weighted by Crippen LogP contribution is 2.19. The van der Waals surface area contributed by atoms with Crippen LogP contribution in [-0.4, -0.2) is 33.6 Å². The van der Waals surface area contributed by atoms with E-state index in [1.54, 1.807) is 18.5 Å². The predicted octanol–water partition coefficient (Wildman–Crippen LogP) is 0.0298. The Labute approximate surface area is 122 Å². The van der Waals surface area contributed by atoms with E-state index in [0.29, 0.717) is 12.4 Å². The van der Waals surface area contributed by atoms with Crippen molar-refractivity contribution in [1.29, 1.82) is 5.41 Å². The van der Waals surface area contributed by atoms with E-state index < -0.39 is 10.0 Å². The van der Waals surface area contributed by atoms with Gasteiger partial charge in [-0.25, -0.2) is 4.98 Å². The maximum absolute atomic E-state index is 12.4. The van der Waals surface area contributed by atoms with Gasteiger partial charge in [0.25, 0.3) is 10.0 Å². The van der Waals surface area contributed by atoms with Gasteiger partial charge in [-0.15, -0.1) is 0 Å². The van der Waals surface area contributed by atoms with Gasteiger partial charge >= 0.3 is 0 Å². The Bertz CT molecular complexity index is 788. The molecule has 0 saturated heterocycles. The minimum absolute atomic E-state index is 0.0856. The van der Waals surface area contributed by atoms with E-state index in [9.17, 15) is 8.42 Å². The van der Waals surface area contributed by atoms with Crippen LogP contribution in [0.25, 0.3) is 0 Å². The fourth-order valence-corrected chi connectivity index (χ4v) is 2.98. The van der Waals surface area contributed by atoms with E-state index in [0.717, 1.165) is 0 Å². The number of amidine groups is 1. The van der Waals surface area contributed by atoms with E-state index in [-0.39, 0.29) is 22.2 Å². The molecule has 2 heterocycles. The molecule has 0 amide bonds. The van der Waals surface area contributed by atoms with Crippen molar-refractivity contribution in [3.8, 4) is 0 Å². The molecule has 0 unspecified atom stereocenters. The first-order valence-corrected chi connectivity index (χ1v) is 7.67. The van der Waals surface area contributed by atoms with Gasteiger partial charge < -0.3 is 10.3 Å². The molecule has 0 aliphatic rings. The standard InChI is InChI=1S/C11H17N7O2S/c1-4-18-6-9(15-7(18)2)21(19,20)16-11-8(10(12)13)5-14-17(11)3/h5-6,16H,4H2,1-3H3,(H3,12,13). The summed E-state index contributed by atoms with van der Waals surface area (Å²) < 4.78 is 30.1. The van der Waals surface area contributed by atoms with Gasteiger partial charge in [-0.3, -0.25) is 14.8 Å². The van der Waals surface area contributed by atoms with Gasteiger partial charge in [-0.1, -0.05) is 0 Å². The average molecular weight is 311 g/mol. The Kier molecular flexibility index (Phi) is 3.73. The number of sulfonamides is 1. The SMILES string of the molecule is CCn1cc(S(=O)(=O)Nc2c(C(=N)N)cnn2C)nc1C. The van der Waals surface area contributed by atoms with E-state index in [1.165, 1.54) is 17.1 Å². The highest BCUT2D eigenvalue weighted by Gasteiger charge is 2.23. The number of nitrogens with two attached hydrogens (primary N) is 1. The van der Waals surface area contributed by atoms with E-state index in [1.807, 2.05) is 6.92 Å². The van der Waals surface area contributed by atoms with Gasteiger partial charge in [0.1, 0.15) is 17.5 Å². The summed E-state index contributed by atoms with van der Waals surface area (Å²) in [5.41, 5.74) is 5.63. The molecule has 0 atom stereocenters. The lowest BCUT2D eigenvalue weighted by molar-refractivity contribution is 0.597. The summed E-state index contributed by atoms with van der Waals surface area (Å²) in [4.78, 5) is 4.04. The summed E-state index contributed by atoms with van der Waals surface area (Å²) in [6.07, 6.45) is 2.79. The molecule has 10 heteroatoms. The molecule has 0 bridgehead atoms. The normalized spacial score (nSPS) is 11.6. The molecular formula is C11H17N7O2S. The van der Waals surface area contributed by atoms with Gasteiger partial charge in [0.2, 0.25) is 0 Å². The number of nitrogens with zero attached hydrogens (tertiary/aromatic N) is 4. The largest absolute Gasteiger partial charge is 0.384 e. The fraction of sp³-hybridized carbons (Fsp3) is 0.364. The zero-order chi connectivity index (χ0) is 15.8. The summed E-state index contributed by atoms with van der Waals surface area (Å²) >= 11 is 0. The van der Waals surface area contributed by atoms with Crippen LogP contribution in [0.1, 0.15) is 18.3 Å². The average Bonchev–Trinajstić information content (AvgIpc) is 2.94. The van der Waals surface area contributed by atoms with Crippen LogP contribution in [0.5, 0.6) is 0 Å². The van der Waals surface area contributed by atoms with Crippen molar-refractivity contribution in [3.05, 3.63) is 23.8 Å². The molecule has 9 nitrogen and oxygen atoms in total. The molecule has 0 saturated carbocycles. The van der Waals surface area contributed by atoms with Crippen LogP contribution in [-0.2, 0) is 23.6 Å². The first-order chi connectivity index (χ1) is 9.76. The van der Waals surface area contributed by atoms with Crippen molar-refractivity contribution >= 4 is 21.7 Å². The smallest absolute Gasteiger partial charge is 0.282 e. The second-order valence-electron chi connectivity index (χ2n) is 4.46. The van der Waals surface area contributed by atoms with Gasteiger partial charge in [0.05, 0.1) is 11.8 Å². The summed E-state index contributed by atoms with van der Waals surface area (Å²) in [6, 6.07) is 0. The number of rotatable bonds is 5. The summed E-state index contributed by atoms with van der Waals surface area (Å²) in [7, 11) is -2.31. The van der Waals surface area contributed by atoms with E-state index in [2.05, 4.69) is 14.8 Å². The highest BCUT2D eigenvalue weighted by molar-refractivity contribution is 7.92. The minimum atomic E-state index is -3.87. The van der Waals surface area contributed by atoms with Crippen LogP contribution in [0.4, 0.5) is 5.82 Å². The van der Waals surface area contributed by atoms with E-state index in [4.69, 9.17) is 11.1 Å². The van der Waals surface area contributed by atoms with Crippen molar-refractivity contribution in [1.82, 2.24) is 19.3 Å². The van der Waals surface area contributed by atoms with Crippen LogP contribution in [0.15, 0.2) is 17.4 Å². The van der Waals surface area contributed by atoms with Crippen LogP contribution in [0.3, 0.4) is 0 Å². The Hall–Kier alpha value is -2.36. The van der Waals surface area contributed by atoms with Crippen molar-refractivity contribution in [3.63, 3.8) is 0 Å². The molecule has 0 aliphatic heterocycles. The second kappa shape index (κ2) is 5.20. The van der Waals surface area contributed by atoms with Gasteiger partial charge in [-0.2, -0.15) is 13.5 Å². The van der Waals surface area contributed by atoms with Crippen LogP contribution >= 0.6 is 0 Å². The maximum atomic E-state index is 12.4. The zero-order valence-electron chi connectivity index (χ0n) is 12.0. The number of nitrogens with one attached hydrogen (secondary N) is 2. The van der Waals surface area contributed by atoms with Crippen LogP contribution < -0.4 is 10.5 Å². The Morgan fingerprint density at radius 3 is 2.71 bits per heavy atom. The predicted molar refractivity (Wildman–Crippen MR) is 77.7 cm³/mol. The van der Waals surface area contributed by atoms with Gasteiger partial charge in [0, 0.05) is 19.8 Å². The lowest BCUT2D eigenvalue weighted by Crippen LogP contribution is -2.20. The topological polar surface area (TPSA) is 132 Å². The first-order valence-electron chi connectivity index (χ1n) is 6.19. The first kappa shape index (κ1) is 15.0. The third-order valence-electron chi connectivity index (χ3n) is 3.03. The third-order valence-corrected chi connectivity index (χ3v) is 4.24. The van der Waals surface area contributed by atoms with Crippen LogP contribution in [0, 0.1) is 12.3 Å². The van der Waals surface area contributed by atoms with Gasteiger partial charge in [0.15, 0.2) is 5.03 Å². The molecule has 0 aliphatic carbocycles. The fourth-order valence-electron chi connectivity index (χ4n) is 1.86. The maximum Gasteiger partial charge on any atom is 0.282 e. The number of anilines is 1. The quantitative estimate of drug-likeness (QED) is 0.529. The Morgan fingerprint density at radius 2 is 2.19 bits per heavy atom. The molecule has 0 radical (unpaired) electrons. The summed E-state index contributed by atoms with van der Waals surface area (Å²) in [6.45, 7) is 4.25. The number of aryl methyl sites for hydroxylation is 3. The molecule has 2 aromatic heterocycles. The third kappa shape index (κ3) is 2.75. The summed E-state index contributed by atoms with van der Waals surface area (Å²) in [5, 5.41) is 11.3. The minimum Gasteiger partial charge on any atom is -0.384 e. The van der Waals surface area contributed by atoms with Gasteiger partial charge in [-0.05, 0) is 13.8 Å². The Morgan fingerprint density at radius 1 is 1.52 bits per heavy atom. The number of hydrogen-bond acceptors (Lipinski definition) is 5. The van der Waals surface area contributed by atoms with Crippen LogP contribution in [0.2, 0.25) is 0 Å². The molecule has 2 rings (SSSR count). The number of aromatic nitrogens is 4. The molecule has 4 N–H and O–H groups in total. The highest BCUT2D eigenvalue weighted by atomic mass is 32.2. The molecular weight excluding hydrogens is 294 g/mol. The molecule has 2 aromatic rings. The molecule has 0 spiro atoms. The number of nitrogen functional groups attached to an aromatic ring is 1. The zero-order valence-corrected chi connectivity index (χ0v) is 12.8. The van der Waals surface area contributed by atoms with Crippen molar-refractivity contribution in [2.75, 3.05) is 4.72 Å². The number of imidazole rings is 1. The number of hydrogen-bond donors (Lipinski definition) is 3. The second-order valence-corrected chi connectivity index (χ2v) is 6.09. The van der Waals surface area contributed by atoms with Crippen molar-refractivity contribution in [2.24, 2.45) is 12.8 Å². The lowest BCUT2D eigenvalue weighted by atomic mass is 10.3. The van der Waals surface area contributed by atoms with Crippen molar-refractivity contribution < 1.29 is 8.42 Å². The monoisotopic (exact) mass is 311 g/mol. The van der Waals surface area contributed by atoms with E-state index >= 15 is 0 Å². The molecule has 0 fully saturated rings. The molecule has 21 heavy (non-hydrogen) atoms. The lowest BCUT2D eigenvalue weighted by Gasteiger charge is -2.08. The molecule has 114 valence electrons. The Balaban J connectivity index is 2.42. The summed E-state index contributed by atoms with van der Waals surface area (Å²) in [5.74, 6) is 0.469. The van der Waals surface area contributed by atoms with Crippen molar-refractivity contribution in [2.45, 2.75) is 25.4 Å².